The molecule has 1 fully saturated rings. The molecule has 5 rings (SSSR count). The zero-order chi connectivity index (χ0) is 26.3. The number of carbonyl (C=O) groups excluding carboxylic acids is 2. The van der Waals surface area contributed by atoms with E-state index in [2.05, 4.69) is 33.5 Å². The van der Waals surface area contributed by atoms with Crippen molar-refractivity contribution >= 4 is 39.3 Å². The number of hydrogen-bond acceptors (Lipinski definition) is 6. The summed E-state index contributed by atoms with van der Waals surface area (Å²) >= 11 is 0. The molecule has 1 N–H and O–H groups in total. The summed E-state index contributed by atoms with van der Waals surface area (Å²) in [4.78, 5) is 47.1. The van der Waals surface area contributed by atoms with E-state index < -0.39 is 11.5 Å². The van der Waals surface area contributed by atoms with E-state index in [1.165, 1.54) is 6.33 Å². The average Bonchev–Trinajstić information content (AvgIpc) is 3.27. The predicted molar refractivity (Wildman–Crippen MR) is 142 cm³/mol. The molecule has 1 saturated heterocycles. The number of fused-ring (bicyclic) bond motifs is 2. The van der Waals surface area contributed by atoms with Crippen molar-refractivity contribution in [2.45, 2.75) is 0 Å². The van der Waals surface area contributed by atoms with Crippen LogP contribution in [0.25, 0.3) is 38.6 Å². The third-order valence-electron chi connectivity index (χ3n) is 6.59. The number of para-hydroxylation sites is 1. The molecule has 4 aromatic rings. The molecule has 0 bridgehead atoms. The Labute approximate surface area is 213 Å². The van der Waals surface area contributed by atoms with E-state index in [0.717, 1.165) is 39.7 Å². The van der Waals surface area contributed by atoms with Crippen molar-refractivity contribution in [2.24, 2.45) is 7.05 Å². The second kappa shape index (κ2) is 9.47. The summed E-state index contributed by atoms with van der Waals surface area (Å²) in [6.45, 7) is 10.1. The van der Waals surface area contributed by atoms with E-state index in [0.29, 0.717) is 24.0 Å². The van der Waals surface area contributed by atoms with Crippen molar-refractivity contribution in [3.05, 3.63) is 78.1 Å². The Balaban J connectivity index is 1.39. The highest BCUT2D eigenvalue weighted by Gasteiger charge is 2.23. The number of nitrogens with zero attached hydrogens (tertiary/aromatic N) is 6. The lowest BCUT2D eigenvalue weighted by atomic mass is 10.0. The Morgan fingerprint density at radius 2 is 1.78 bits per heavy atom. The molecule has 0 spiro atoms. The van der Waals surface area contributed by atoms with Crippen molar-refractivity contribution in [1.29, 1.82) is 0 Å². The molecule has 1 aliphatic rings. The van der Waals surface area contributed by atoms with Gasteiger partial charge in [-0.15, -0.1) is 0 Å². The van der Waals surface area contributed by atoms with Gasteiger partial charge in [-0.25, -0.2) is 4.98 Å². The highest BCUT2D eigenvalue weighted by Crippen LogP contribution is 2.28. The lowest BCUT2D eigenvalue weighted by Gasteiger charge is -2.32. The fourth-order valence-electron chi connectivity index (χ4n) is 4.46. The standard InChI is InChI=1S/C27H27N7O3/c1-17(26(36)33-12-10-31(3)11-13-33)29-25(35)18(2)34-16-28-24-21(6-5-7-22(24)27(34)37)19-8-9-20-15-32(4)30-23(20)14-19/h5-9,14-16H,1-2,10-13H2,3-4H3,(H,29,35). The van der Waals surface area contributed by atoms with Gasteiger partial charge in [0.1, 0.15) is 12.0 Å². The van der Waals surface area contributed by atoms with Gasteiger partial charge in [-0.05, 0) is 24.7 Å². The molecule has 3 heterocycles. The van der Waals surface area contributed by atoms with Crippen LogP contribution in [0.3, 0.4) is 0 Å². The van der Waals surface area contributed by atoms with Crippen molar-refractivity contribution in [3.63, 3.8) is 0 Å². The molecule has 10 nitrogen and oxygen atoms in total. The van der Waals surface area contributed by atoms with E-state index >= 15 is 0 Å². The van der Waals surface area contributed by atoms with E-state index in [-0.39, 0.29) is 17.3 Å². The molecule has 2 amide bonds. The van der Waals surface area contributed by atoms with Crippen LogP contribution in [0.2, 0.25) is 0 Å². The number of carbonyl (C=O) groups is 2. The number of piperazine rings is 1. The first-order valence-electron chi connectivity index (χ1n) is 11.8. The van der Waals surface area contributed by atoms with Crippen molar-refractivity contribution in [2.75, 3.05) is 33.2 Å². The third kappa shape index (κ3) is 4.54. The Morgan fingerprint density at radius 1 is 1.03 bits per heavy atom. The number of rotatable bonds is 5. The number of benzene rings is 2. The highest BCUT2D eigenvalue weighted by molar-refractivity contribution is 6.15. The molecule has 1 aliphatic heterocycles. The van der Waals surface area contributed by atoms with E-state index in [9.17, 15) is 14.4 Å². The lowest BCUT2D eigenvalue weighted by molar-refractivity contribution is -0.130. The van der Waals surface area contributed by atoms with E-state index in [1.807, 2.05) is 44.6 Å². The molecular weight excluding hydrogens is 470 g/mol. The van der Waals surface area contributed by atoms with Crippen LogP contribution in [-0.4, -0.2) is 74.2 Å². The van der Waals surface area contributed by atoms with E-state index in [1.54, 1.807) is 21.7 Å². The van der Waals surface area contributed by atoms with Crippen molar-refractivity contribution in [1.82, 2.24) is 34.4 Å². The summed E-state index contributed by atoms with van der Waals surface area (Å²) in [6.07, 6.45) is 3.21. The van der Waals surface area contributed by atoms with Gasteiger partial charge in [0.05, 0.1) is 22.1 Å². The lowest BCUT2D eigenvalue weighted by Crippen LogP contribution is -2.49. The zero-order valence-corrected chi connectivity index (χ0v) is 20.8. The van der Waals surface area contributed by atoms with Crippen molar-refractivity contribution < 1.29 is 9.59 Å². The minimum absolute atomic E-state index is 0.0651. The molecule has 2 aromatic carbocycles. The molecule has 0 atom stereocenters. The monoisotopic (exact) mass is 497 g/mol. The van der Waals surface area contributed by atoms with Gasteiger partial charge in [0.25, 0.3) is 17.4 Å². The molecule has 10 heteroatoms. The second-order valence-corrected chi connectivity index (χ2v) is 9.17. The van der Waals surface area contributed by atoms with Crippen LogP contribution in [0.4, 0.5) is 0 Å². The van der Waals surface area contributed by atoms with Gasteiger partial charge >= 0.3 is 0 Å². The minimum Gasteiger partial charge on any atom is -0.335 e. The third-order valence-corrected chi connectivity index (χ3v) is 6.59. The van der Waals surface area contributed by atoms with Crippen LogP contribution in [0.5, 0.6) is 0 Å². The summed E-state index contributed by atoms with van der Waals surface area (Å²) in [5.41, 5.74) is 2.31. The van der Waals surface area contributed by atoms with Crippen LogP contribution in [-0.2, 0) is 16.6 Å². The van der Waals surface area contributed by atoms with Gasteiger partial charge in [0.2, 0.25) is 0 Å². The Bertz CT molecular complexity index is 1640. The Hall–Kier alpha value is -4.57. The predicted octanol–water partition coefficient (Wildman–Crippen LogP) is 1.82. The summed E-state index contributed by atoms with van der Waals surface area (Å²) in [7, 11) is 3.85. The molecule has 2 aromatic heterocycles. The summed E-state index contributed by atoms with van der Waals surface area (Å²) in [6, 6.07) is 11.2. The molecule has 188 valence electrons. The maximum absolute atomic E-state index is 13.3. The second-order valence-electron chi connectivity index (χ2n) is 9.17. The van der Waals surface area contributed by atoms with Gasteiger partial charge in [0, 0.05) is 50.4 Å². The first kappa shape index (κ1) is 24.1. The van der Waals surface area contributed by atoms with Gasteiger partial charge < -0.3 is 15.1 Å². The molecule has 0 saturated carbocycles. The topological polar surface area (TPSA) is 105 Å². The fourth-order valence-corrected chi connectivity index (χ4v) is 4.46. The number of hydrogen-bond donors (Lipinski definition) is 1. The average molecular weight is 498 g/mol. The van der Waals surface area contributed by atoms with Crippen LogP contribution in [0.1, 0.15) is 0 Å². The quantitative estimate of drug-likeness (QED) is 0.422. The maximum Gasteiger partial charge on any atom is 0.272 e. The molecule has 0 radical (unpaired) electrons. The van der Waals surface area contributed by atoms with Crippen LogP contribution in [0.15, 0.2) is 72.6 Å². The van der Waals surface area contributed by atoms with Gasteiger partial charge in [0.15, 0.2) is 0 Å². The van der Waals surface area contributed by atoms with E-state index in [4.69, 9.17) is 0 Å². The molecule has 0 aliphatic carbocycles. The number of amides is 2. The number of likely N-dealkylation sites (N-methyl/N-ethyl adjacent to an activating group) is 1. The SMILES string of the molecule is C=C(NC(=O)C(=C)n1cnc2c(-c3ccc4cn(C)nc4c3)cccc2c1=O)C(=O)N1CCN(C)CC1. The zero-order valence-electron chi connectivity index (χ0n) is 20.8. The van der Waals surface area contributed by atoms with Crippen molar-refractivity contribution in [3.8, 4) is 11.1 Å². The van der Waals surface area contributed by atoms with Gasteiger partial charge in [-0.2, -0.15) is 5.10 Å². The normalized spacial score (nSPS) is 14.2. The van der Waals surface area contributed by atoms with Crippen LogP contribution >= 0.6 is 0 Å². The van der Waals surface area contributed by atoms with Crippen LogP contribution in [0, 0.1) is 0 Å². The smallest absolute Gasteiger partial charge is 0.272 e. The number of aryl methyl sites for hydroxylation is 1. The highest BCUT2D eigenvalue weighted by atomic mass is 16.2. The van der Waals surface area contributed by atoms with Gasteiger partial charge in [-0.3, -0.25) is 23.6 Å². The van der Waals surface area contributed by atoms with Gasteiger partial charge in [-0.1, -0.05) is 37.4 Å². The summed E-state index contributed by atoms with van der Waals surface area (Å²) in [5, 5.41) is 8.29. The minimum atomic E-state index is -0.701. The summed E-state index contributed by atoms with van der Waals surface area (Å²) < 4.78 is 2.83. The number of aromatic nitrogens is 4. The molecule has 37 heavy (non-hydrogen) atoms. The first-order valence-corrected chi connectivity index (χ1v) is 11.8. The molecular formula is C27H27N7O3. The fraction of sp³-hybridized carbons (Fsp3) is 0.222. The van der Waals surface area contributed by atoms with Crippen LogP contribution < -0.4 is 10.9 Å². The summed E-state index contributed by atoms with van der Waals surface area (Å²) in [5.74, 6) is -1.06. The Kier molecular flexibility index (Phi) is 6.18. The largest absolute Gasteiger partial charge is 0.335 e. The molecule has 0 unspecified atom stereocenters. The first-order chi connectivity index (χ1) is 17.7. The Morgan fingerprint density at radius 3 is 2.54 bits per heavy atom. The maximum atomic E-state index is 13.3. The number of nitrogens with one attached hydrogen (secondary N) is 1.